The molecule has 1 atom stereocenters. The van der Waals surface area contributed by atoms with Gasteiger partial charge in [0, 0.05) is 35.8 Å². The predicted molar refractivity (Wildman–Crippen MR) is 111 cm³/mol. The van der Waals surface area contributed by atoms with Gasteiger partial charge < -0.3 is 15.5 Å². The molecule has 0 bridgehead atoms. The first-order valence-electron chi connectivity index (χ1n) is 9.70. The molecule has 2 N–H and O–H groups in total. The summed E-state index contributed by atoms with van der Waals surface area (Å²) in [6.45, 7) is 12.0. The zero-order valence-electron chi connectivity index (χ0n) is 16.0. The molecule has 4 nitrogen and oxygen atoms in total. The topological polar surface area (TPSA) is 39.7 Å². The van der Waals surface area contributed by atoms with Gasteiger partial charge in [0.2, 0.25) is 0 Å². The van der Waals surface area contributed by atoms with E-state index in [4.69, 9.17) is 4.99 Å². The van der Waals surface area contributed by atoms with E-state index in [2.05, 4.69) is 66.6 Å². The van der Waals surface area contributed by atoms with E-state index in [0.717, 1.165) is 19.0 Å². The Labute approximate surface area is 157 Å². The summed E-state index contributed by atoms with van der Waals surface area (Å²) in [7, 11) is 0. The largest absolute Gasteiger partial charge is 0.357 e. The van der Waals surface area contributed by atoms with Crippen molar-refractivity contribution in [2.75, 3.05) is 32.7 Å². The van der Waals surface area contributed by atoms with Crippen molar-refractivity contribution in [2.45, 2.75) is 56.2 Å². The molecule has 0 aliphatic carbocycles. The van der Waals surface area contributed by atoms with Crippen molar-refractivity contribution in [3.63, 3.8) is 0 Å². The third-order valence-electron chi connectivity index (χ3n) is 4.40. The molecule has 1 fully saturated rings. The number of likely N-dealkylation sites (tertiary alicyclic amines) is 1. The van der Waals surface area contributed by atoms with Gasteiger partial charge in [-0.05, 0) is 44.9 Å². The SMILES string of the molecule is CCCN1CCC(NC(=NCC(C)Sc2ccccc2)NCC)CC1. The Hall–Kier alpha value is -1.20. The Morgan fingerprint density at radius 2 is 1.96 bits per heavy atom. The maximum Gasteiger partial charge on any atom is 0.191 e. The van der Waals surface area contributed by atoms with Crippen molar-refractivity contribution >= 4 is 17.7 Å². The van der Waals surface area contributed by atoms with Gasteiger partial charge in [-0.15, -0.1) is 11.8 Å². The summed E-state index contributed by atoms with van der Waals surface area (Å²) in [6, 6.07) is 11.1. The molecule has 1 unspecified atom stereocenters. The number of hydrogen-bond acceptors (Lipinski definition) is 3. The second-order valence-electron chi connectivity index (χ2n) is 6.72. The molecule has 0 saturated carbocycles. The maximum atomic E-state index is 4.82. The molecule has 1 aromatic carbocycles. The van der Waals surface area contributed by atoms with Gasteiger partial charge in [-0.25, -0.2) is 0 Å². The lowest BCUT2D eigenvalue weighted by Crippen LogP contribution is -2.48. The van der Waals surface area contributed by atoms with Gasteiger partial charge in [0.25, 0.3) is 0 Å². The van der Waals surface area contributed by atoms with Gasteiger partial charge >= 0.3 is 0 Å². The molecule has 0 aromatic heterocycles. The summed E-state index contributed by atoms with van der Waals surface area (Å²) < 4.78 is 0. The summed E-state index contributed by atoms with van der Waals surface area (Å²) in [5.41, 5.74) is 0. The van der Waals surface area contributed by atoms with Crippen LogP contribution in [0, 0.1) is 0 Å². The van der Waals surface area contributed by atoms with Crippen LogP contribution in [0.4, 0.5) is 0 Å². The van der Waals surface area contributed by atoms with Crippen LogP contribution in [0.5, 0.6) is 0 Å². The minimum absolute atomic E-state index is 0.462. The van der Waals surface area contributed by atoms with Crippen molar-refractivity contribution in [3.05, 3.63) is 30.3 Å². The van der Waals surface area contributed by atoms with Crippen molar-refractivity contribution in [3.8, 4) is 0 Å². The van der Waals surface area contributed by atoms with Crippen LogP contribution >= 0.6 is 11.8 Å². The Bertz CT molecular complexity index is 498. The second kappa shape index (κ2) is 11.4. The first-order valence-corrected chi connectivity index (χ1v) is 10.6. The maximum absolute atomic E-state index is 4.82. The van der Waals surface area contributed by atoms with Gasteiger partial charge in [0.1, 0.15) is 0 Å². The predicted octanol–water partition coefficient (Wildman–Crippen LogP) is 3.60. The number of benzene rings is 1. The van der Waals surface area contributed by atoms with Gasteiger partial charge in [-0.3, -0.25) is 4.99 Å². The lowest BCUT2D eigenvalue weighted by molar-refractivity contribution is 0.206. The van der Waals surface area contributed by atoms with E-state index < -0.39 is 0 Å². The van der Waals surface area contributed by atoms with Crippen LogP contribution in [-0.2, 0) is 0 Å². The van der Waals surface area contributed by atoms with Gasteiger partial charge in [0.15, 0.2) is 5.96 Å². The average molecular weight is 363 g/mol. The monoisotopic (exact) mass is 362 g/mol. The number of guanidine groups is 1. The van der Waals surface area contributed by atoms with Crippen LogP contribution in [-0.4, -0.2) is 54.9 Å². The van der Waals surface area contributed by atoms with Crippen LogP contribution < -0.4 is 10.6 Å². The fourth-order valence-corrected chi connectivity index (χ4v) is 4.05. The summed E-state index contributed by atoms with van der Waals surface area (Å²) >= 11 is 1.89. The Morgan fingerprint density at radius 1 is 1.24 bits per heavy atom. The van der Waals surface area contributed by atoms with Gasteiger partial charge in [-0.2, -0.15) is 0 Å². The summed E-state index contributed by atoms with van der Waals surface area (Å²) in [6.07, 6.45) is 3.66. The van der Waals surface area contributed by atoms with E-state index in [1.807, 2.05) is 11.8 Å². The number of thioether (sulfide) groups is 1. The average Bonchev–Trinajstić information content (AvgIpc) is 2.63. The molecule has 1 aliphatic heterocycles. The molecule has 1 heterocycles. The number of rotatable bonds is 8. The highest BCUT2D eigenvalue weighted by molar-refractivity contribution is 8.00. The third kappa shape index (κ3) is 7.70. The number of aliphatic imine (C=N–C) groups is 1. The summed E-state index contributed by atoms with van der Waals surface area (Å²) in [4.78, 5) is 8.70. The standard InChI is InChI=1S/C20H34N4S/c1-4-13-24-14-11-18(12-15-24)23-20(21-5-2)22-16-17(3)25-19-9-7-6-8-10-19/h6-10,17-18H,4-5,11-16H2,1-3H3,(H2,21,22,23). The Morgan fingerprint density at radius 3 is 2.60 bits per heavy atom. The molecule has 140 valence electrons. The fraction of sp³-hybridized carbons (Fsp3) is 0.650. The number of piperidine rings is 1. The van der Waals surface area contributed by atoms with Crippen molar-refractivity contribution < 1.29 is 0 Å². The van der Waals surface area contributed by atoms with E-state index in [0.29, 0.717) is 11.3 Å². The molecular formula is C20H34N4S. The lowest BCUT2D eigenvalue weighted by Gasteiger charge is -2.32. The van der Waals surface area contributed by atoms with Crippen LogP contribution in [0.3, 0.4) is 0 Å². The molecule has 0 spiro atoms. The second-order valence-corrected chi connectivity index (χ2v) is 8.23. The van der Waals surface area contributed by atoms with E-state index >= 15 is 0 Å². The third-order valence-corrected chi connectivity index (χ3v) is 5.50. The molecular weight excluding hydrogens is 328 g/mol. The quantitative estimate of drug-likeness (QED) is 0.421. The van der Waals surface area contributed by atoms with Crippen LogP contribution in [0.25, 0.3) is 0 Å². The Balaban J connectivity index is 1.79. The summed E-state index contributed by atoms with van der Waals surface area (Å²) in [5, 5.41) is 7.51. The zero-order valence-corrected chi connectivity index (χ0v) is 16.8. The highest BCUT2D eigenvalue weighted by Gasteiger charge is 2.19. The van der Waals surface area contributed by atoms with Crippen LogP contribution in [0.1, 0.15) is 40.0 Å². The molecule has 1 saturated heterocycles. The molecule has 0 amide bonds. The Kier molecular flexibility index (Phi) is 9.19. The van der Waals surface area contributed by atoms with Crippen molar-refractivity contribution in [1.82, 2.24) is 15.5 Å². The smallest absolute Gasteiger partial charge is 0.191 e. The molecule has 1 aliphatic rings. The van der Waals surface area contributed by atoms with E-state index in [1.54, 1.807) is 0 Å². The normalized spacial score (nSPS) is 18.1. The molecule has 1 aromatic rings. The van der Waals surface area contributed by atoms with Crippen molar-refractivity contribution in [2.24, 2.45) is 4.99 Å². The minimum Gasteiger partial charge on any atom is -0.357 e. The summed E-state index contributed by atoms with van der Waals surface area (Å²) in [5.74, 6) is 0.969. The highest BCUT2D eigenvalue weighted by Crippen LogP contribution is 2.22. The molecule has 25 heavy (non-hydrogen) atoms. The first kappa shape index (κ1) is 20.1. The number of nitrogens with zero attached hydrogens (tertiary/aromatic N) is 2. The minimum atomic E-state index is 0.462. The fourth-order valence-electron chi connectivity index (χ4n) is 3.12. The van der Waals surface area contributed by atoms with Crippen LogP contribution in [0.15, 0.2) is 40.2 Å². The van der Waals surface area contributed by atoms with E-state index in [9.17, 15) is 0 Å². The highest BCUT2D eigenvalue weighted by atomic mass is 32.2. The van der Waals surface area contributed by atoms with Gasteiger partial charge in [0.05, 0.1) is 6.54 Å². The van der Waals surface area contributed by atoms with Crippen molar-refractivity contribution in [1.29, 1.82) is 0 Å². The van der Waals surface area contributed by atoms with E-state index in [1.165, 1.54) is 43.8 Å². The van der Waals surface area contributed by atoms with Gasteiger partial charge in [-0.1, -0.05) is 32.0 Å². The number of nitrogens with one attached hydrogen (secondary N) is 2. The molecule has 5 heteroatoms. The zero-order chi connectivity index (χ0) is 17.9. The van der Waals surface area contributed by atoms with Crippen LogP contribution in [0.2, 0.25) is 0 Å². The van der Waals surface area contributed by atoms with E-state index in [-0.39, 0.29) is 0 Å². The lowest BCUT2D eigenvalue weighted by atomic mass is 10.1. The number of hydrogen-bond donors (Lipinski definition) is 2. The molecule has 0 radical (unpaired) electrons. The first-order chi connectivity index (χ1) is 12.2. The molecule has 2 rings (SSSR count).